The zero-order chi connectivity index (χ0) is 7.28. The monoisotopic (exact) mass is 130 g/mol. The lowest BCUT2D eigenvalue weighted by Gasteiger charge is -2.03. The van der Waals surface area contributed by atoms with Crippen molar-refractivity contribution < 1.29 is 14.7 Å². The van der Waals surface area contributed by atoms with Crippen molar-refractivity contribution in [1.29, 1.82) is 0 Å². The molecule has 2 N–H and O–H groups in total. The number of carboxylic acids is 1. The van der Waals surface area contributed by atoms with E-state index >= 15 is 0 Å². The van der Waals surface area contributed by atoms with E-state index in [-0.39, 0.29) is 12.5 Å². The fourth-order valence-electron chi connectivity index (χ4n) is 0.414. The lowest BCUT2D eigenvalue weighted by Crippen LogP contribution is -2.26. The minimum atomic E-state index is -0.926. The molecule has 0 saturated heterocycles. The maximum atomic E-state index is 9.91. The molecule has 0 fully saturated rings. The molecule has 4 nitrogen and oxygen atoms in total. The Morgan fingerprint density at radius 3 is 2.78 bits per heavy atom. The Labute approximate surface area is 52.9 Å². The summed E-state index contributed by atoms with van der Waals surface area (Å²) in [5.74, 6) is -0.926. The molecule has 0 aromatic heterocycles. The Hall–Kier alpha value is -1.06. The first-order chi connectivity index (χ1) is 4.16. The number of hydrogen-bond acceptors (Lipinski definition) is 2. The molecule has 1 unspecified atom stereocenters. The number of carboxylic acid groups (broad SMARTS) is 1. The summed E-state index contributed by atoms with van der Waals surface area (Å²) in [4.78, 5) is 19.5. The van der Waals surface area contributed by atoms with Gasteiger partial charge in [-0.1, -0.05) is 0 Å². The molecule has 0 aliphatic heterocycles. The van der Waals surface area contributed by atoms with Crippen LogP contribution in [0.5, 0.6) is 0 Å². The molecule has 0 heterocycles. The highest BCUT2D eigenvalue weighted by molar-refractivity contribution is 5.68. The lowest BCUT2D eigenvalue weighted by atomic mass is 10.2. The summed E-state index contributed by atoms with van der Waals surface area (Å²) in [6, 6.07) is -0.333. The lowest BCUT2D eigenvalue weighted by molar-refractivity contribution is -0.137. The van der Waals surface area contributed by atoms with Gasteiger partial charge in [-0.2, -0.15) is 0 Å². The molecule has 51 valence electrons. The molecule has 1 radical (unpaired) electrons. The summed E-state index contributed by atoms with van der Waals surface area (Å²) in [6.45, 7) is 1.60. The van der Waals surface area contributed by atoms with Crippen LogP contribution in [0.3, 0.4) is 0 Å². The van der Waals surface area contributed by atoms with Crippen LogP contribution in [0.25, 0.3) is 0 Å². The van der Waals surface area contributed by atoms with Gasteiger partial charge >= 0.3 is 12.4 Å². The maximum absolute atomic E-state index is 9.91. The minimum absolute atomic E-state index is 0.0603. The molecule has 0 spiro atoms. The van der Waals surface area contributed by atoms with Gasteiger partial charge in [-0.05, 0) is 6.92 Å². The Morgan fingerprint density at radius 1 is 1.89 bits per heavy atom. The summed E-state index contributed by atoms with van der Waals surface area (Å²) in [6.07, 6.45) is 1.35. The van der Waals surface area contributed by atoms with E-state index in [1.54, 1.807) is 6.92 Å². The molecule has 0 saturated carbocycles. The third-order valence-electron chi connectivity index (χ3n) is 0.786. The number of hydrogen-bond donors (Lipinski definition) is 2. The maximum Gasteiger partial charge on any atom is 0.309 e. The molecule has 0 aromatic rings. The van der Waals surface area contributed by atoms with Crippen molar-refractivity contribution in [1.82, 2.24) is 5.32 Å². The number of aliphatic carboxylic acids is 1. The van der Waals surface area contributed by atoms with Gasteiger partial charge in [0.2, 0.25) is 0 Å². The van der Waals surface area contributed by atoms with Crippen LogP contribution in [-0.2, 0) is 9.59 Å². The summed E-state index contributed by atoms with van der Waals surface area (Å²) < 4.78 is 0. The van der Waals surface area contributed by atoms with Gasteiger partial charge in [0.05, 0.1) is 6.42 Å². The number of rotatable bonds is 4. The van der Waals surface area contributed by atoms with Crippen molar-refractivity contribution in [2.75, 3.05) is 0 Å². The van der Waals surface area contributed by atoms with Gasteiger partial charge < -0.3 is 10.4 Å². The fourth-order valence-corrected chi connectivity index (χ4v) is 0.414. The molecule has 0 rings (SSSR count). The van der Waals surface area contributed by atoms with Crippen molar-refractivity contribution >= 4 is 12.4 Å². The second-order valence-corrected chi connectivity index (χ2v) is 1.75. The topological polar surface area (TPSA) is 66.4 Å². The SMILES string of the molecule is CC(CC(=O)O)N[C]=O. The molecule has 0 bridgehead atoms. The van der Waals surface area contributed by atoms with E-state index in [2.05, 4.69) is 5.32 Å². The van der Waals surface area contributed by atoms with Gasteiger partial charge in [0.15, 0.2) is 0 Å². The normalized spacial score (nSPS) is 12.1. The minimum Gasteiger partial charge on any atom is -0.481 e. The number of carbonyl (C=O) groups excluding carboxylic acids is 1. The molecule has 0 aromatic carbocycles. The van der Waals surface area contributed by atoms with Crippen LogP contribution in [0.15, 0.2) is 0 Å². The summed E-state index contributed by atoms with van der Waals surface area (Å²) >= 11 is 0. The third-order valence-corrected chi connectivity index (χ3v) is 0.786. The second-order valence-electron chi connectivity index (χ2n) is 1.75. The molecule has 4 heteroatoms. The van der Waals surface area contributed by atoms with Gasteiger partial charge in [-0.15, -0.1) is 0 Å². The van der Waals surface area contributed by atoms with Gasteiger partial charge in [0, 0.05) is 6.04 Å². The van der Waals surface area contributed by atoms with Crippen molar-refractivity contribution in [2.45, 2.75) is 19.4 Å². The Morgan fingerprint density at radius 2 is 2.44 bits per heavy atom. The van der Waals surface area contributed by atoms with E-state index in [1.165, 1.54) is 6.41 Å². The van der Waals surface area contributed by atoms with Crippen molar-refractivity contribution in [2.24, 2.45) is 0 Å². The summed E-state index contributed by atoms with van der Waals surface area (Å²) in [5.41, 5.74) is 0. The Bertz CT molecular complexity index is 113. The average molecular weight is 130 g/mol. The van der Waals surface area contributed by atoms with Crippen LogP contribution in [0.2, 0.25) is 0 Å². The second kappa shape index (κ2) is 3.88. The third kappa shape index (κ3) is 4.80. The average Bonchev–Trinajstić information content (AvgIpc) is 1.63. The van der Waals surface area contributed by atoms with E-state index in [0.717, 1.165) is 0 Å². The number of carbonyl (C=O) groups is 1. The molecule has 9 heavy (non-hydrogen) atoms. The number of nitrogens with one attached hydrogen (secondary N) is 1. The highest BCUT2D eigenvalue weighted by Crippen LogP contribution is 1.86. The first-order valence-electron chi connectivity index (χ1n) is 2.51. The van der Waals surface area contributed by atoms with Crippen molar-refractivity contribution in [3.8, 4) is 0 Å². The molecular weight excluding hydrogens is 122 g/mol. The van der Waals surface area contributed by atoms with Crippen LogP contribution in [0.4, 0.5) is 0 Å². The Balaban J connectivity index is 3.37. The first-order valence-corrected chi connectivity index (χ1v) is 2.51. The van der Waals surface area contributed by atoms with Crippen LogP contribution in [0, 0.1) is 0 Å². The van der Waals surface area contributed by atoms with Gasteiger partial charge in [0.1, 0.15) is 0 Å². The summed E-state index contributed by atoms with van der Waals surface area (Å²) in [7, 11) is 0. The standard InChI is InChI=1S/C5H8NO3/c1-4(6-3-7)2-5(8)9/h4H,2H2,1H3,(H,6,7)(H,8,9). The largest absolute Gasteiger partial charge is 0.481 e. The van der Waals surface area contributed by atoms with E-state index in [1.807, 2.05) is 0 Å². The van der Waals surface area contributed by atoms with E-state index in [4.69, 9.17) is 5.11 Å². The van der Waals surface area contributed by atoms with Crippen LogP contribution < -0.4 is 5.32 Å². The predicted molar refractivity (Wildman–Crippen MR) is 30.5 cm³/mol. The van der Waals surface area contributed by atoms with Crippen molar-refractivity contribution in [3.05, 3.63) is 0 Å². The zero-order valence-electron chi connectivity index (χ0n) is 5.05. The van der Waals surface area contributed by atoms with Gasteiger partial charge in [-0.3, -0.25) is 9.59 Å². The van der Waals surface area contributed by atoms with E-state index < -0.39 is 5.97 Å². The quantitative estimate of drug-likeness (QED) is 0.504. The molecular formula is C5H8NO3. The molecule has 0 aliphatic carbocycles. The smallest absolute Gasteiger partial charge is 0.309 e. The molecule has 1 atom stereocenters. The predicted octanol–water partition coefficient (Wildman–Crippen LogP) is -0.494. The van der Waals surface area contributed by atoms with E-state index in [0.29, 0.717) is 0 Å². The fraction of sp³-hybridized carbons (Fsp3) is 0.600. The van der Waals surface area contributed by atoms with Crippen LogP contribution in [0.1, 0.15) is 13.3 Å². The first kappa shape index (κ1) is 7.94. The molecule has 1 amide bonds. The van der Waals surface area contributed by atoms with Crippen molar-refractivity contribution in [3.63, 3.8) is 0 Å². The number of amides is 1. The highest BCUT2D eigenvalue weighted by atomic mass is 16.4. The van der Waals surface area contributed by atoms with Crippen LogP contribution >= 0.6 is 0 Å². The zero-order valence-corrected chi connectivity index (χ0v) is 5.05. The van der Waals surface area contributed by atoms with Crippen LogP contribution in [-0.4, -0.2) is 23.5 Å². The van der Waals surface area contributed by atoms with E-state index in [9.17, 15) is 9.59 Å². The Kier molecular flexibility index (Phi) is 3.43. The summed E-state index contributed by atoms with van der Waals surface area (Å²) in [5, 5.41) is 10.3. The van der Waals surface area contributed by atoms with Gasteiger partial charge in [0.25, 0.3) is 0 Å². The molecule has 0 aliphatic rings. The highest BCUT2D eigenvalue weighted by Gasteiger charge is 2.04. The van der Waals surface area contributed by atoms with Gasteiger partial charge in [-0.25, -0.2) is 0 Å².